The third-order valence-electron chi connectivity index (χ3n) is 3.90. The molecule has 0 aliphatic heterocycles. The molecule has 0 saturated carbocycles. The first-order valence-corrected chi connectivity index (χ1v) is 7.67. The van der Waals surface area contributed by atoms with Crippen molar-refractivity contribution in [1.29, 1.82) is 0 Å². The van der Waals surface area contributed by atoms with Crippen LogP contribution in [-0.4, -0.2) is 11.9 Å². The van der Waals surface area contributed by atoms with Gasteiger partial charge in [0.05, 0.1) is 0 Å². The predicted octanol–water partition coefficient (Wildman–Crippen LogP) is 4.00. The fourth-order valence-corrected chi connectivity index (χ4v) is 2.30. The topological polar surface area (TPSA) is 52.6 Å². The lowest BCUT2D eigenvalue weighted by Crippen LogP contribution is -2.43. The lowest BCUT2D eigenvalue weighted by molar-refractivity contribution is -0.161. The van der Waals surface area contributed by atoms with Gasteiger partial charge in [0.2, 0.25) is 0 Å². The van der Waals surface area contributed by atoms with Gasteiger partial charge in [0.1, 0.15) is 11.5 Å². The minimum atomic E-state index is -1.31. The van der Waals surface area contributed by atoms with Crippen molar-refractivity contribution in [2.24, 2.45) is 5.41 Å². The van der Waals surface area contributed by atoms with Crippen molar-refractivity contribution in [3.63, 3.8) is 0 Å². The lowest BCUT2D eigenvalue weighted by atomic mass is 9.82. The molecular formula is C19H20O4. The molecule has 0 fully saturated rings. The normalized spacial score (nSPS) is 10.9. The van der Waals surface area contributed by atoms with E-state index in [0.29, 0.717) is 24.3 Å². The van der Waals surface area contributed by atoms with Gasteiger partial charge in [-0.05, 0) is 37.1 Å². The van der Waals surface area contributed by atoms with E-state index < -0.39 is 17.4 Å². The van der Waals surface area contributed by atoms with Crippen molar-refractivity contribution < 1.29 is 19.1 Å². The number of ether oxygens (including phenoxy) is 2. The van der Waals surface area contributed by atoms with Gasteiger partial charge in [0, 0.05) is 0 Å². The Labute approximate surface area is 136 Å². The number of hydrogen-bond acceptors (Lipinski definition) is 4. The molecule has 0 amide bonds. The van der Waals surface area contributed by atoms with E-state index in [4.69, 9.17) is 9.47 Å². The largest absolute Gasteiger partial charge is 0.426 e. The minimum Gasteiger partial charge on any atom is -0.426 e. The summed E-state index contributed by atoms with van der Waals surface area (Å²) in [5, 5.41) is 0. The summed E-state index contributed by atoms with van der Waals surface area (Å²) in [5.41, 5.74) is -1.31. The van der Waals surface area contributed by atoms with Crippen LogP contribution in [0.2, 0.25) is 0 Å². The van der Waals surface area contributed by atoms with Gasteiger partial charge in [0.15, 0.2) is 5.41 Å². The molecule has 0 aliphatic rings. The summed E-state index contributed by atoms with van der Waals surface area (Å²) < 4.78 is 10.8. The number of benzene rings is 2. The molecule has 4 nitrogen and oxygen atoms in total. The molecular weight excluding hydrogens is 292 g/mol. The van der Waals surface area contributed by atoms with Gasteiger partial charge in [-0.2, -0.15) is 0 Å². The quantitative estimate of drug-likeness (QED) is 0.459. The molecule has 0 heterocycles. The summed E-state index contributed by atoms with van der Waals surface area (Å²) in [5.74, 6) is -0.350. The zero-order valence-corrected chi connectivity index (χ0v) is 13.3. The lowest BCUT2D eigenvalue weighted by Gasteiger charge is -2.26. The first kappa shape index (κ1) is 16.7. The first-order chi connectivity index (χ1) is 11.1. The number of para-hydroxylation sites is 2. The Bertz CT molecular complexity index is 590. The Morgan fingerprint density at radius 3 is 1.39 bits per heavy atom. The van der Waals surface area contributed by atoms with Crippen molar-refractivity contribution in [2.75, 3.05) is 0 Å². The molecule has 0 unspecified atom stereocenters. The Kier molecular flexibility index (Phi) is 5.52. The van der Waals surface area contributed by atoms with Crippen LogP contribution in [0.25, 0.3) is 0 Å². The third kappa shape index (κ3) is 3.77. The van der Waals surface area contributed by atoms with E-state index in [-0.39, 0.29) is 0 Å². The molecule has 0 N–H and O–H groups in total. The Morgan fingerprint density at radius 1 is 0.739 bits per heavy atom. The number of esters is 2. The maximum Gasteiger partial charge on any atom is 0.328 e. The molecule has 0 spiro atoms. The molecule has 0 aliphatic carbocycles. The van der Waals surface area contributed by atoms with E-state index in [2.05, 4.69) is 0 Å². The van der Waals surface area contributed by atoms with Crippen molar-refractivity contribution in [3.8, 4) is 11.5 Å². The summed E-state index contributed by atoms with van der Waals surface area (Å²) in [6.07, 6.45) is 0.613. The Morgan fingerprint density at radius 2 is 1.09 bits per heavy atom. The fraction of sp³-hybridized carbons (Fsp3) is 0.263. The fourth-order valence-electron chi connectivity index (χ4n) is 2.30. The third-order valence-corrected chi connectivity index (χ3v) is 3.90. The molecule has 2 aromatic rings. The standard InChI is InChI=1S/C19H20O4/c1-3-19(4-2,17(20)22-15-11-7-5-8-12-15)18(21)23-16-13-9-6-10-14-16/h5-14H,3-4H2,1-2H3. The van der Waals surface area contributed by atoms with Crippen LogP contribution in [-0.2, 0) is 9.59 Å². The molecule has 2 aromatic carbocycles. The van der Waals surface area contributed by atoms with Gasteiger partial charge in [-0.3, -0.25) is 9.59 Å². The predicted molar refractivity (Wildman–Crippen MR) is 87.2 cm³/mol. The highest BCUT2D eigenvalue weighted by Crippen LogP contribution is 2.31. The number of carbonyl (C=O) groups excluding carboxylic acids is 2. The molecule has 0 atom stereocenters. The summed E-state index contributed by atoms with van der Waals surface area (Å²) in [6.45, 7) is 3.56. The number of carbonyl (C=O) groups is 2. The van der Waals surface area contributed by atoms with Crippen LogP contribution in [0.5, 0.6) is 11.5 Å². The van der Waals surface area contributed by atoms with E-state index in [1.165, 1.54) is 0 Å². The molecule has 0 aromatic heterocycles. The van der Waals surface area contributed by atoms with Gasteiger partial charge in [-0.15, -0.1) is 0 Å². The Balaban J connectivity index is 2.20. The SMILES string of the molecule is CCC(CC)(C(=O)Oc1ccccc1)C(=O)Oc1ccccc1. The highest BCUT2D eigenvalue weighted by molar-refractivity contribution is 6.01. The average Bonchev–Trinajstić information content (AvgIpc) is 2.58. The second-order valence-electron chi connectivity index (χ2n) is 5.19. The van der Waals surface area contributed by atoms with Crippen molar-refractivity contribution in [3.05, 3.63) is 60.7 Å². The monoisotopic (exact) mass is 312 g/mol. The van der Waals surface area contributed by atoms with Crippen LogP contribution in [0.15, 0.2) is 60.7 Å². The summed E-state index contributed by atoms with van der Waals surface area (Å²) >= 11 is 0. The highest BCUT2D eigenvalue weighted by atomic mass is 16.6. The summed E-state index contributed by atoms with van der Waals surface area (Å²) in [4.78, 5) is 25.2. The summed E-state index contributed by atoms with van der Waals surface area (Å²) in [7, 11) is 0. The first-order valence-electron chi connectivity index (χ1n) is 7.67. The molecule has 2 rings (SSSR count). The van der Waals surface area contributed by atoms with Gasteiger partial charge >= 0.3 is 11.9 Å². The second kappa shape index (κ2) is 7.58. The summed E-state index contributed by atoms with van der Waals surface area (Å²) in [6, 6.07) is 17.4. The highest BCUT2D eigenvalue weighted by Gasteiger charge is 2.46. The maximum atomic E-state index is 12.6. The van der Waals surface area contributed by atoms with Crippen LogP contribution in [0.3, 0.4) is 0 Å². The van der Waals surface area contributed by atoms with E-state index in [9.17, 15) is 9.59 Å². The minimum absolute atomic E-state index is 0.306. The van der Waals surface area contributed by atoms with Crippen LogP contribution >= 0.6 is 0 Å². The van der Waals surface area contributed by atoms with Crippen molar-refractivity contribution >= 4 is 11.9 Å². The van der Waals surface area contributed by atoms with Crippen LogP contribution in [0.1, 0.15) is 26.7 Å². The molecule has 23 heavy (non-hydrogen) atoms. The molecule has 0 bridgehead atoms. The van der Waals surface area contributed by atoms with E-state index in [1.807, 2.05) is 12.1 Å². The van der Waals surface area contributed by atoms with E-state index >= 15 is 0 Å². The van der Waals surface area contributed by atoms with E-state index in [0.717, 1.165) is 0 Å². The van der Waals surface area contributed by atoms with E-state index in [1.54, 1.807) is 62.4 Å². The second-order valence-corrected chi connectivity index (χ2v) is 5.19. The van der Waals surface area contributed by atoms with Crippen LogP contribution in [0, 0.1) is 5.41 Å². The van der Waals surface area contributed by atoms with Gasteiger partial charge < -0.3 is 9.47 Å². The smallest absolute Gasteiger partial charge is 0.328 e. The number of rotatable bonds is 6. The molecule has 0 radical (unpaired) electrons. The van der Waals surface area contributed by atoms with Crippen LogP contribution < -0.4 is 9.47 Å². The zero-order valence-electron chi connectivity index (χ0n) is 13.3. The van der Waals surface area contributed by atoms with Crippen molar-refractivity contribution in [2.45, 2.75) is 26.7 Å². The van der Waals surface area contributed by atoms with Gasteiger partial charge in [-0.25, -0.2) is 0 Å². The van der Waals surface area contributed by atoms with Crippen LogP contribution in [0.4, 0.5) is 0 Å². The van der Waals surface area contributed by atoms with Gasteiger partial charge in [0.25, 0.3) is 0 Å². The Hall–Kier alpha value is -2.62. The molecule has 0 saturated heterocycles. The van der Waals surface area contributed by atoms with Gasteiger partial charge in [-0.1, -0.05) is 50.2 Å². The number of hydrogen-bond donors (Lipinski definition) is 0. The zero-order chi connectivity index (χ0) is 16.7. The maximum absolute atomic E-state index is 12.6. The average molecular weight is 312 g/mol. The molecule has 120 valence electrons. The van der Waals surface area contributed by atoms with Crippen molar-refractivity contribution in [1.82, 2.24) is 0 Å². The molecule has 4 heteroatoms.